The molecule has 1 aliphatic rings. The fraction of sp³-hybridized carbons (Fsp3) is 0.278. The van der Waals surface area contributed by atoms with Gasteiger partial charge in [-0.05, 0) is 36.8 Å². The van der Waals surface area contributed by atoms with E-state index in [1.165, 1.54) is 4.57 Å². The normalized spacial score (nSPS) is 18.3. The monoisotopic (exact) mass is 329 g/mol. The molecular formula is C18H19NO3S. The number of rotatable bonds is 4. The van der Waals surface area contributed by atoms with E-state index in [0.717, 1.165) is 0 Å². The summed E-state index contributed by atoms with van der Waals surface area (Å²) in [4.78, 5) is 12.6. The molecule has 1 aromatic carbocycles. The van der Waals surface area contributed by atoms with Crippen molar-refractivity contribution in [2.24, 2.45) is 0 Å². The third-order valence-corrected chi connectivity index (χ3v) is 7.22. The maximum absolute atomic E-state index is 13.2. The van der Waals surface area contributed by atoms with Gasteiger partial charge >= 0.3 is 0 Å². The Hall–Kier alpha value is -2.14. The highest BCUT2D eigenvalue weighted by molar-refractivity contribution is 7.92. The van der Waals surface area contributed by atoms with Crippen LogP contribution in [0, 0.1) is 0 Å². The number of hydrogen-bond acceptors (Lipinski definition) is 3. The molecule has 2 heterocycles. The van der Waals surface area contributed by atoms with Crippen molar-refractivity contribution in [3.63, 3.8) is 0 Å². The first kappa shape index (κ1) is 15.7. The molecule has 0 aliphatic carbocycles. The minimum Gasteiger partial charge on any atom is -0.298 e. The topological polar surface area (TPSA) is 56.1 Å². The summed E-state index contributed by atoms with van der Waals surface area (Å²) in [6, 6.07) is 8.70. The molecule has 0 amide bonds. The second kappa shape index (κ2) is 5.49. The predicted octanol–water partition coefficient (Wildman–Crippen LogP) is 3.07. The van der Waals surface area contributed by atoms with Crippen LogP contribution in [0.15, 0.2) is 65.5 Å². The summed E-state index contributed by atoms with van der Waals surface area (Å²) in [6.07, 6.45) is 4.36. The van der Waals surface area contributed by atoms with Gasteiger partial charge in [0.05, 0.1) is 4.75 Å². The van der Waals surface area contributed by atoms with Crippen molar-refractivity contribution in [2.75, 3.05) is 0 Å². The van der Waals surface area contributed by atoms with Gasteiger partial charge in [-0.15, -0.1) is 13.2 Å². The van der Waals surface area contributed by atoms with Gasteiger partial charge in [-0.1, -0.05) is 30.4 Å². The van der Waals surface area contributed by atoms with Crippen molar-refractivity contribution < 1.29 is 8.42 Å². The minimum absolute atomic E-state index is 0.108. The van der Waals surface area contributed by atoms with Crippen molar-refractivity contribution in [2.45, 2.75) is 35.6 Å². The average molecular weight is 329 g/mol. The predicted molar refractivity (Wildman–Crippen MR) is 92.4 cm³/mol. The number of nitrogens with zero attached hydrogens (tertiary/aromatic N) is 1. The lowest BCUT2D eigenvalue weighted by molar-refractivity contribution is 0.404. The van der Waals surface area contributed by atoms with Crippen molar-refractivity contribution in [1.29, 1.82) is 0 Å². The van der Waals surface area contributed by atoms with E-state index in [4.69, 9.17) is 0 Å². The second-order valence-electron chi connectivity index (χ2n) is 5.95. The van der Waals surface area contributed by atoms with E-state index in [-0.39, 0.29) is 10.6 Å². The quantitative estimate of drug-likeness (QED) is 0.810. The Morgan fingerprint density at radius 2 is 1.83 bits per heavy atom. The fourth-order valence-corrected chi connectivity index (χ4v) is 5.64. The largest absolute Gasteiger partial charge is 0.298 e. The van der Waals surface area contributed by atoms with E-state index in [1.54, 1.807) is 42.5 Å². The van der Waals surface area contributed by atoms with Crippen LogP contribution in [-0.4, -0.2) is 17.7 Å². The van der Waals surface area contributed by atoms with Crippen LogP contribution < -0.4 is 5.56 Å². The van der Waals surface area contributed by atoms with Gasteiger partial charge in [0.2, 0.25) is 0 Å². The Labute approximate surface area is 135 Å². The Bertz CT molecular complexity index is 944. The summed E-state index contributed by atoms with van der Waals surface area (Å²) in [5.41, 5.74) is -0.243. The molecule has 2 aromatic rings. The van der Waals surface area contributed by atoms with Crippen molar-refractivity contribution in [1.82, 2.24) is 4.57 Å². The molecule has 0 N–H and O–H groups in total. The van der Waals surface area contributed by atoms with Crippen molar-refractivity contribution in [3.05, 3.63) is 66.0 Å². The van der Waals surface area contributed by atoms with Gasteiger partial charge in [-0.2, -0.15) is 0 Å². The van der Waals surface area contributed by atoms with Gasteiger partial charge in [-0.25, -0.2) is 8.42 Å². The van der Waals surface area contributed by atoms with E-state index < -0.39 is 14.6 Å². The van der Waals surface area contributed by atoms with E-state index in [1.807, 2.05) is 0 Å². The molecule has 1 aliphatic heterocycles. The van der Waals surface area contributed by atoms with Crippen molar-refractivity contribution >= 4 is 20.6 Å². The molecule has 120 valence electrons. The van der Waals surface area contributed by atoms with Crippen molar-refractivity contribution in [3.8, 4) is 0 Å². The summed E-state index contributed by atoms with van der Waals surface area (Å²) in [6.45, 7) is 7.80. The molecule has 0 saturated heterocycles. The Morgan fingerprint density at radius 1 is 1.17 bits per heavy atom. The maximum atomic E-state index is 13.2. The number of benzene rings is 1. The SMILES string of the molecule is C=CCC1(CC=C)CCn2c(cc3ccccc3c2=O)S1(=O)=O. The Morgan fingerprint density at radius 3 is 2.48 bits per heavy atom. The van der Waals surface area contributed by atoms with E-state index in [9.17, 15) is 13.2 Å². The molecule has 0 saturated carbocycles. The van der Waals surface area contributed by atoms with Crippen LogP contribution in [0.2, 0.25) is 0 Å². The smallest absolute Gasteiger partial charge is 0.259 e. The van der Waals surface area contributed by atoms with Gasteiger partial charge in [-0.3, -0.25) is 9.36 Å². The van der Waals surface area contributed by atoms with Gasteiger partial charge in [0, 0.05) is 11.9 Å². The summed E-state index contributed by atoms with van der Waals surface area (Å²) >= 11 is 0. The zero-order chi connectivity index (χ0) is 16.7. The van der Waals surface area contributed by atoms with Gasteiger partial charge in [0.15, 0.2) is 9.84 Å². The third kappa shape index (κ3) is 2.18. The fourth-order valence-electron chi connectivity index (χ4n) is 3.41. The highest BCUT2D eigenvalue weighted by Gasteiger charge is 2.47. The number of sulfone groups is 1. The van der Waals surface area contributed by atoms with Crippen LogP contribution in [0.3, 0.4) is 0 Å². The van der Waals surface area contributed by atoms with Crippen LogP contribution >= 0.6 is 0 Å². The summed E-state index contributed by atoms with van der Waals surface area (Å²) in [7, 11) is -3.66. The number of fused-ring (bicyclic) bond motifs is 2. The second-order valence-corrected chi connectivity index (χ2v) is 8.24. The lowest BCUT2D eigenvalue weighted by Gasteiger charge is -2.37. The maximum Gasteiger partial charge on any atom is 0.259 e. The zero-order valence-electron chi connectivity index (χ0n) is 12.9. The molecule has 0 fully saturated rings. The molecule has 0 bridgehead atoms. The molecule has 0 atom stereocenters. The highest BCUT2D eigenvalue weighted by atomic mass is 32.2. The van der Waals surface area contributed by atoms with Crippen LogP contribution in [0.5, 0.6) is 0 Å². The molecular weight excluding hydrogens is 310 g/mol. The number of pyridine rings is 1. The van der Waals surface area contributed by atoms with Gasteiger partial charge in [0.25, 0.3) is 5.56 Å². The number of hydrogen-bond donors (Lipinski definition) is 0. The van der Waals surface area contributed by atoms with Crippen LogP contribution in [-0.2, 0) is 16.4 Å². The van der Waals surface area contributed by atoms with Crippen LogP contribution in [0.25, 0.3) is 10.8 Å². The summed E-state index contributed by atoms with van der Waals surface area (Å²) in [5.74, 6) is 0. The highest BCUT2D eigenvalue weighted by Crippen LogP contribution is 2.40. The molecule has 1 aromatic heterocycles. The molecule has 0 radical (unpaired) electrons. The number of allylic oxidation sites excluding steroid dienone is 2. The molecule has 0 unspecified atom stereocenters. The first-order valence-corrected chi connectivity index (χ1v) is 9.04. The summed E-state index contributed by atoms with van der Waals surface area (Å²) < 4.78 is 26.9. The Balaban J connectivity index is 2.34. The van der Waals surface area contributed by atoms with E-state index >= 15 is 0 Å². The molecule has 23 heavy (non-hydrogen) atoms. The van der Waals surface area contributed by atoms with E-state index in [2.05, 4.69) is 13.2 Å². The minimum atomic E-state index is -3.66. The lowest BCUT2D eigenvalue weighted by atomic mass is 9.95. The summed E-state index contributed by atoms with van der Waals surface area (Å²) in [5, 5.41) is 1.31. The van der Waals surface area contributed by atoms with E-state index in [0.29, 0.717) is 36.6 Å². The molecule has 3 rings (SSSR count). The number of aromatic nitrogens is 1. The molecule has 4 nitrogen and oxygen atoms in total. The van der Waals surface area contributed by atoms with Crippen LogP contribution in [0.4, 0.5) is 0 Å². The van der Waals surface area contributed by atoms with Gasteiger partial charge in [0.1, 0.15) is 5.03 Å². The Kier molecular flexibility index (Phi) is 3.76. The van der Waals surface area contributed by atoms with Crippen LogP contribution in [0.1, 0.15) is 19.3 Å². The third-order valence-electron chi connectivity index (χ3n) is 4.65. The standard InChI is InChI=1S/C18H19NO3S/c1-3-9-18(10-4-2)11-12-19-16(23(18,21)22)13-14-7-5-6-8-15(14)17(19)20/h3-8,13H,1-2,9-12H2. The average Bonchev–Trinajstić information content (AvgIpc) is 2.53. The van der Waals surface area contributed by atoms with Gasteiger partial charge < -0.3 is 0 Å². The first-order valence-electron chi connectivity index (χ1n) is 7.56. The zero-order valence-corrected chi connectivity index (χ0v) is 13.7. The first-order chi connectivity index (χ1) is 11.0. The lowest BCUT2D eigenvalue weighted by Crippen LogP contribution is -2.46. The molecule has 0 spiro atoms. The molecule has 5 heteroatoms.